The molecule has 0 spiro atoms. The minimum Gasteiger partial charge on any atom is -0.310 e. The lowest BCUT2D eigenvalue weighted by Gasteiger charge is -2.04. The lowest BCUT2D eigenvalue weighted by molar-refractivity contribution is 0.597. The van der Waals surface area contributed by atoms with Crippen LogP contribution in [0.5, 0.6) is 0 Å². The summed E-state index contributed by atoms with van der Waals surface area (Å²) in [4.78, 5) is 5.52. The summed E-state index contributed by atoms with van der Waals surface area (Å²) in [6.07, 6.45) is 2.53. The van der Waals surface area contributed by atoms with E-state index in [-0.39, 0.29) is 5.82 Å². The minimum atomic E-state index is -0.146. The van der Waals surface area contributed by atoms with Crippen LogP contribution in [-0.2, 0) is 13.0 Å². The van der Waals surface area contributed by atoms with E-state index in [1.165, 1.54) is 6.07 Å². The second-order valence-corrected chi connectivity index (χ2v) is 6.70. The van der Waals surface area contributed by atoms with Crippen molar-refractivity contribution in [3.8, 4) is 10.4 Å². The molecular formula is C18H16ClFN2S. The Labute approximate surface area is 144 Å². The van der Waals surface area contributed by atoms with E-state index in [1.54, 1.807) is 17.4 Å². The van der Waals surface area contributed by atoms with Crippen molar-refractivity contribution < 1.29 is 4.39 Å². The molecule has 1 N–H and O–H groups in total. The number of hydrogen-bond acceptors (Lipinski definition) is 3. The predicted molar refractivity (Wildman–Crippen MR) is 94.4 cm³/mol. The summed E-state index contributed by atoms with van der Waals surface area (Å²) in [6, 6.07) is 14.6. The third kappa shape index (κ3) is 4.38. The van der Waals surface area contributed by atoms with E-state index in [4.69, 9.17) is 11.6 Å². The predicted octanol–water partition coefficient (Wildman–Crippen LogP) is 4.93. The zero-order chi connectivity index (χ0) is 16.1. The Morgan fingerprint density at radius 3 is 2.83 bits per heavy atom. The number of nitrogens with one attached hydrogen (secondary N) is 1. The van der Waals surface area contributed by atoms with Crippen LogP contribution >= 0.6 is 22.9 Å². The van der Waals surface area contributed by atoms with Crippen molar-refractivity contribution in [3.05, 3.63) is 76.1 Å². The van der Waals surface area contributed by atoms with Gasteiger partial charge in [0.15, 0.2) is 0 Å². The molecule has 23 heavy (non-hydrogen) atoms. The van der Waals surface area contributed by atoms with Crippen LogP contribution in [0.1, 0.15) is 10.6 Å². The lowest BCUT2D eigenvalue weighted by atomic mass is 10.1. The molecular weight excluding hydrogens is 331 g/mol. The maximum atomic E-state index is 13.5. The van der Waals surface area contributed by atoms with Crippen LogP contribution in [0.3, 0.4) is 0 Å². The highest BCUT2D eigenvalue weighted by Crippen LogP contribution is 2.27. The number of benzene rings is 2. The van der Waals surface area contributed by atoms with Crippen molar-refractivity contribution >= 4 is 22.9 Å². The van der Waals surface area contributed by atoms with Crippen molar-refractivity contribution in [1.82, 2.24) is 10.3 Å². The summed E-state index contributed by atoms with van der Waals surface area (Å²) in [6.45, 7) is 1.40. The molecule has 1 heterocycles. The molecule has 0 radical (unpaired) electrons. The van der Waals surface area contributed by atoms with E-state index in [9.17, 15) is 4.39 Å². The van der Waals surface area contributed by atoms with E-state index >= 15 is 0 Å². The highest BCUT2D eigenvalue weighted by atomic mass is 35.5. The summed E-state index contributed by atoms with van der Waals surface area (Å²) in [5.74, 6) is -0.146. The number of hydrogen-bond donors (Lipinski definition) is 1. The Morgan fingerprint density at radius 1 is 1.13 bits per heavy atom. The zero-order valence-electron chi connectivity index (χ0n) is 12.4. The Balaban J connectivity index is 1.53. The Kier molecular flexibility index (Phi) is 5.39. The van der Waals surface area contributed by atoms with Gasteiger partial charge < -0.3 is 5.32 Å². The first-order valence-electron chi connectivity index (χ1n) is 7.37. The number of thiazole rings is 1. The average Bonchev–Trinajstić information content (AvgIpc) is 3.02. The maximum absolute atomic E-state index is 13.5. The van der Waals surface area contributed by atoms with Crippen LogP contribution in [0.15, 0.2) is 54.7 Å². The summed E-state index contributed by atoms with van der Waals surface area (Å²) >= 11 is 7.65. The maximum Gasteiger partial charge on any atom is 0.126 e. The van der Waals surface area contributed by atoms with E-state index in [0.717, 1.165) is 26.0 Å². The topological polar surface area (TPSA) is 24.9 Å². The van der Waals surface area contributed by atoms with Gasteiger partial charge in [-0.25, -0.2) is 9.37 Å². The summed E-state index contributed by atoms with van der Waals surface area (Å²) in [7, 11) is 0. The van der Waals surface area contributed by atoms with Crippen LogP contribution in [-0.4, -0.2) is 11.5 Å². The third-order valence-corrected chi connectivity index (χ3v) is 4.75. The van der Waals surface area contributed by atoms with Gasteiger partial charge in [0.25, 0.3) is 0 Å². The molecule has 2 nitrogen and oxygen atoms in total. The molecule has 0 bridgehead atoms. The third-order valence-electron chi connectivity index (χ3n) is 3.47. The van der Waals surface area contributed by atoms with Gasteiger partial charge in [-0.15, -0.1) is 11.3 Å². The van der Waals surface area contributed by atoms with Gasteiger partial charge in [0.1, 0.15) is 10.8 Å². The summed E-state index contributed by atoms with van der Waals surface area (Å²) in [5, 5.41) is 5.04. The summed E-state index contributed by atoms with van der Waals surface area (Å²) < 4.78 is 13.5. The minimum absolute atomic E-state index is 0.146. The zero-order valence-corrected chi connectivity index (χ0v) is 14.0. The van der Waals surface area contributed by atoms with Gasteiger partial charge in [-0.2, -0.15) is 0 Å². The van der Waals surface area contributed by atoms with E-state index in [0.29, 0.717) is 19.5 Å². The van der Waals surface area contributed by atoms with E-state index < -0.39 is 0 Å². The van der Waals surface area contributed by atoms with Crippen molar-refractivity contribution in [2.75, 3.05) is 6.54 Å². The largest absolute Gasteiger partial charge is 0.310 e. The molecule has 0 amide bonds. The smallest absolute Gasteiger partial charge is 0.126 e. The molecule has 0 unspecified atom stereocenters. The average molecular weight is 347 g/mol. The van der Waals surface area contributed by atoms with E-state index in [2.05, 4.69) is 10.3 Å². The van der Waals surface area contributed by atoms with Crippen LogP contribution in [0.4, 0.5) is 4.39 Å². The second-order valence-electron chi connectivity index (χ2n) is 5.15. The van der Waals surface area contributed by atoms with Gasteiger partial charge in [-0.1, -0.05) is 41.9 Å². The Hall–Kier alpha value is -1.75. The molecule has 3 aromatic rings. The number of nitrogens with zero attached hydrogens (tertiary/aromatic N) is 1. The summed E-state index contributed by atoms with van der Waals surface area (Å²) in [5.41, 5.74) is 1.81. The van der Waals surface area contributed by atoms with Gasteiger partial charge in [-0.3, -0.25) is 0 Å². The molecule has 0 atom stereocenters. The Morgan fingerprint density at radius 2 is 2.00 bits per heavy atom. The molecule has 5 heteroatoms. The number of aromatic nitrogens is 1. The molecule has 0 aliphatic carbocycles. The standard InChI is InChI=1S/C18H16ClFN2S/c19-15-6-3-5-14(10-15)17-11-22-18(23-17)12-21-9-8-13-4-1-2-7-16(13)20/h1-7,10-11,21H,8-9,12H2. The first-order valence-corrected chi connectivity index (χ1v) is 8.56. The fourth-order valence-electron chi connectivity index (χ4n) is 2.29. The van der Waals surface area contributed by atoms with Gasteiger partial charge in [0, 0.05) is 17.8 Å². The highest BCUT2D eigenvalue weighted by Gasteiger charge is 2.05. The van der Waals surface area contributed by atoms with Gasteiger partial charge in [0.05, 0.1) is 4.88 Å². The normalized spacial score (nSPS) is 10.9. The van der Waals surface area contributed by atoms with E-state index in [1.807, 2.05) is 42.6 Å². The molecule has 0 aliphatic rings. The van der Waals surface area contributed by atoms with Crippen molar-refractivity contribution in [2.24, 2.45) is 0 Å². The number of rotatable bonds is 6. The fourth-order valence-corrected chi connectivity index (χ4v) is 3.36. The molecule has 0 saturated heterocycles. The van der Waals surface area contributed by atoms with Crippen LogP contribution in [0, 0.1) is 5.82 Å². The highest BCUT2D eigenvalue weighted by molar-refractivity contribution is 7.15. The first kappa shape index (κ1) is 16.1. The van der Waals surface area contributed by atoms with Gasteiger partial charge in [-0.05, 0) is 42.3 Å². The Bertz CT molecular complexity index is 788. The van der Waals surface area contributed by atoms with Gasteiger partial charge in [0.2, 0.25) is 0 Å². The fraction of sp³-hybridized carbons (Fsp3) is 0.167. The van der Waals surface area contributed by atoms with Crippen LogP contribution in [0.25, 0.3) is 10.4 Å². The van der Waals surface area contributed by atoms with Crippen LogP contribution in [0.2, 0.25) is 5.02 Å². The molecule has 0 aliphatic heterocycles. The molecule has 118 valence electrons. The van der Waals surface area contributed by atoms with Crippen LogP contribution < -0.4 is 5.32 Å². The monoisotopic (exact) mass is 346 g/mol. The van der Waals surface area contributed by atoms with Crippen molar-refractivity contribution in [2.45, 2.75) is 13.0 Å². The van der Waals surface area contributed by atoms with Gasteiger partial charge >= 0.3 is 0 Å². The lowest BCUT2D eigenvalue weighted by Crippen LogP contribution is -2.16. The molecule has 1 aromatic heterocycles. The first-order chi connectivity index (χ1) is 11.2. The van der Waals surface area contributed by atoms with Crippen molar-refractivity contribution in [3.63, 3.8) is 0 Å². The molecule has 2 aromatic carbocycles. The van der Waals surface area contributed by atoms with Crippen molar-refractivity contribution in [1.29, 1.82) is 0 Å². The molecule has 0 saturated carbocycles. The SMILES string of the molecule is Fc1ccccc1CCNCc1ncc(-c2cccc(Cl)c2)s1. The molecule has 3 rings (SSSR count). The number of halogens is 2. The molecule has 0 fully saturated rings. The second kappa shape index (κ2) is 7.68. The quantitative estimate of drug-likeness (QED) is 0.640.